The molecule has 0 atom stereocenters. The first-order valence-corrected chi connectivity index (χ1v) is 12.2. The van der Waals surface area contributed by atoms with Crippen LogP contribution in [-0.4, -0.2) is 53.5 Å². The van der Waals surface area contributed by atoms with Crippen LogP contribution in [0.3, 0.4) is 0 Å². The van der Waals surface area contributed by atoms with E-state index in [0.717, 1.165) is 35.2 Å². The second kappa shape index (κ2) is 9.18. The average Bonchev–Trinajstić information content (AvgIpc) is 3.42. The Morgan fingerprint density at radius 1 is 1.15 bits per heavy atom. The molecule has 176 valence electrons. The van der Waals surface area contributed by atoms with Gasteiger partial charge in [-0.3, -0.25) is 9.59 Å². The number of benzene rings is 2. The van der Waals surface area contributed by atoms with Gasteiger partial charge in [-0.2, -0.15) is 0 Å². The Hall–Kier alpha value is -3.25. The van der Waals surface area contributed by atoms with Crippen LogP contribution < -0.4 is 10.2 Å². The number of nitrogens with one attached hydrogen (secondary N) is 1. The van der Waals surface area contributed by atoms with Crippen LogP contribution in [0.2, 0.25) is 5.02 Å². The summed E-state index contributed by atoms with van der Waals surface area (Å²) in [4.78, 5) is 28.7. The number of fused-ring (bicyclic) bond motifs is 1. The number of aromatic nitrogens is 1. The first-order valence-electron chi connectivity index (χ1n) is 11.8. The van der Waals surface area contributed by atoms with Gasteiger partial charge >= 0.3 is 0 Å². The molecule has 0 radical (unpaired) electrons. The zero-order valence-corrected chi connectivity index (χ0v) is 20.1. The van der Waals surface area contributed by atoms with Gasteiger partial charge in [-0.05, 0) is 50.1 Å². The number of likely N-dealkylation sites (tertiary alicyclic amines) is 1. The van der Waals surface area contributed by atoms with Crippen LogP contribution >= 0.6 is 11.6 Å². The number of nitrogens with zero attached hydrogens (tertiary/aromatic N) is 3. The van der Waals surface area contributed by atoms with Gasteiger partial charge in [0.25, 0.3) is 0 Å². The summed E-state index contributed by atoms with van der Waals surface area (Å²) in [6.45, 7) is 8.96. The summed E-state index contributed by atoms with van der Waals surface area (Å²) in [7, 11) is 0. The van der Waals surface area contributed by atoms with E-state index in [9.17, 15) is 9.59 Å². The van der Waals surface area contributed by atoms with Crippen molar-refractivity contribution in [1.82, 2.24) is 14.8 Å². The van der Waals surface area contributed by atoms with E-state index in [2.05, 4.69) is 52.6 Å². The Bertz CT molecular complexity index is 1270. The largest absolute Gasteiger partial charge is 0.371 e. The molecule has 1 aromatic heterocycles. The quantitative estimate of drug-likeness (QED) is 0.537. The third-order valence-electron chi connectivity index (χ3n) is 6.94. The third-order valence-corrected chi connectivity index (χ3v) is 7.18. The molecule has 3 aromatic rings. The van der Waals surface area contributed by atoms with Crippen LogP contribution in [0, 0.1) is 6.92 Å². The van der Waals surface area contributed by atoms with Gasteiger partial charge in [0.1, 0.15) is 6.54 Å². The summed E-state index contributed by atoms with van der Waals surface area (Å²) in [6.07, 6.45) is 3.72. The van der Waals surface area contributed by atoms with Crippen molar-refractivity contribution in [3.8, 4) is 11.1 Å². The molecule has 6 nitrogen and oxygen atoms in total. The lowest BCUT2D eigenvalue weighted by atomic mass is 10.00. The van der Waals surface area contributed by atoms with E-state index in [4.69, 9.17) is 11.6 Å². The summed E-state index contributed by atoms with van der Waals surface area (Å²) in [6, 6.07) is 14.4. The minimum Gasteiger partial charge on any atom is -0.371 e. The first kappa shape index (κ1) is 22.5. The van der Waals surface area contributed by atoms with Crippen LogP contribution in [0.4, 0.5) is 5.69 Å². The predicted molar refractivity (Wildman–Crippen MR) is 137 cm³/mol. The molecular formula is C27H29ClN4O2. The van der Waals surface area contributed by atoms with Crippen LogP contribution in [0.1, 0.15) is 18.5 Å². The fourth-order valence-electron chi connectivity index (χ4n) is 5.21. The van der Waals surface area contributed by atoms with Gasteiger partial charge in [-0.1, -0.05) is 36.4 Å². The van der Waals surface area contributed by atoms with Crippen molar-refractivity contribution in [2.24, 2.45) is 0 Å². The van der Waals surface area contributed by atoms with E-state index in [1.54, 1.807) is 4.90 Å². The SMILES string of the molecule is C=CC(=O)N1CC(NC(=O)Cn2c(C)c(-c3ccccc3N3CCCC3)c3cc(Cl)ccc32)C1. The molecule has 3 heterocycles. The molecule has 0 bridgehead atoms. The summed E-state index contributed by atoms with van der Waals surface area (Å²) in [5, 5.41) is 4.79. The molecule has 2 amide bonds. The standard InChI is InChI=1S/C27H29ClN4O2/c1-3-26(34)31-15-20(16-31)29-25(33)17-32-18(2)27(22-14-19(28)10-11-24(22)32)21-8-4-5-9-23(21)30-12-6-7-13-30/h3-5,8-11,14,20H,1,6-7,12-13,15-17H2,2H3,(H,29,33). The third kappa shape index (κ3) is 4.07. The summed E-state index contributed by atoms with van der Waals surface area (Å²) < 4.78 is 2.07. The van der Waals surface area contributed by atoms with Crippen molar-refractivity contribution in [2.45, 2.75) is 32.4 Å². The van der Waals surface area contributed by atoms with Gasteiger partial charge in [0.2, 0.25) is 11.8 Å². The molecule has 0 unspecified atom stereocenters. The summed E-state index contributed by atoms with van der Waals surface area (Å²) >= 11 is 6.42. The van der Waals surface area contributed by atoms with Crippen LogP contribution in [0.25, 0.3) is 22.0 Å². The Morgan fingerprint density at radius 3 is 2.62 bits per heavy atom. The van der Waals surface area contributed by atoms with Crippen molar-refractivity contribution < 1.29 is 9.59 Å². The van der Waals surface area contributed by atoms with Crippen LogP contribution in [0.15, 0.2) is 55.1 Å². The van der Waals surface area contributed by atoms with Gasteiger partial charge in [-0.25, -0.2) is 0 Å². The summed E-state index contributed by atoms with van der Waals surface area (Å²) in [5.41, 5.74) is 5.55. The number of amides is 2. The highest BCUT2D eigenvalue weighted by Crippen LogP contribution is 2.41. The topological polar surface area (TPSA) is 57.6 Å². The Kier molecular flexibility index (Phi) is 6.09. The predicted octanol–water partition coefficient (Wildman–Crippen LogP) is 4.38. The molecular weight excluding hydrogens is 448 g/mol. The highest BCUT2D eigenvalue weighted by atomic mass is 35.5. The molecule has 0 saturated carbocycles. The molecule has 5 rings (SSSR count). The molecule has 34 heavy (non-hydrogen) atoms. The number of halogens is 1. The van der Waals surface area contributed by atoms with Gasteiger partial charge in [-0.15, -0.1) is 0 Å². The van der Waals surface area contributed by atoms with Crippen molar-refractivity contribution in [3.05, 3.63) is 65.8 Å². The lowest BCUT2D eigenvalue weighted by Gasteiger charge is -2.38. The number of hydrogen-bond acceptors (Lipinski definition) is 3. The number of hydrogen-bond donors (Lipinski definition) is 1. The summed E-state index contributed by atoms with van der Waals surface area (Å²) in [5.74, 6) is -0.166. The van der Waals surface area contributed by atoms with Crippen LogP contribution in [-0.2, 0) is 16.1 Å². The zero-order valence-electron chi connectivity index (χ0n) is 19.4. The van der Waals surface area contributed by atoms with Crippen molar-refractivity contribution >= 4 is 40.0 Å². The van der Waals surface area contributed by atoms with E-state index in [1.807, 2.05) is 18.2 Å². The molecule has 2 aliphatic rings. The lowest BCUT2D eigenvalue weighted by molar-refractivity contribution is -0.133. The Morgan fingerprint density at radius 2 is 1.88 bits per heavy atom. The number of carbonyl (C=O) groups is 2. The highest BCUT2D eigenvalue weighted by Gasteiger charge is 2.30. The molecule has 1 N–H and O–H groups in total. The smallest absolute Gasteiger partial charge is 0.246 e. The van der Waals surface area contributed by atoms with E-state index >= 15 is 0 Å². The molecule has 2 aromatic carbocycles. The molecule has 2 fully saturated rings. The van der Waals surface area contributed by atoms with Crippen LogP contribution in [0.5, 0.6) is 0 Å². The molecule has 2 aliphatic heterocycles. The van der Waals surface area contributed by atoms with Crippen molar-refractivity contribution in [1.29, 1.82) is 0 Å². The number of rotatable bonds is 6. The number of anilines is 1. The van der Waals surface area contributed by atoms with Gasteiger partial charge in [0.15, 0.2) is 0 Å². The number of para-hydroxylation sites is 1. The van der Waals surface area contributed by atoms with E-state index in [-0.39, 0.29) is 24.4 Å². The van der Waals surface area contributed by atoms with Gasteiger partial charge in [0.05, 0.1) is 6.04 Å². The van der Waals surface area contributed by atoms with E-state index in [1.165, 1.54) is 30.2 Å². The minimum atomic E-state index is -0.101. The molecule has 2 saturated heterocycles. The van der Waals surface area contributed by atoms with E-state index < -0.39 is 0 Å². The lowest BCUT2D eigenvalue weighted by Crippen LogP contribution is -2.61. The maximum absolute atomic E-state index is 13.0. The van der Waals surface area contributed by atoms with Gasteiger partial charge in [0, 0.05) is 64.6 Å². The van der Waals surface area contributed by atoms with Gasteiger partial charge < -0.3 is 19.7 Å². The Balaban J connectivity index is 1.47. The highest BCUT2D eigenvalue weighted by molar-refractivity contribution is 6.31. The molecule has 0 spiro atoms. The minimum absolute atomic E-state index is 0.0247. The molecule has 0 aliphatic carbocycles. The number of carbonyl (C=O) groups excluding carboxylic acids is 2. The van der Waals surface area contributed by atoms with Crippen molar-refractivity contribution in [2.75, 3.05) is 31.1 Å². The normalized spacial score (nSPS) is 16.1. The fourth-order valence-corrected chi connectivity index (χ4v) is 5.38. The second-order valence-corrected chi connectivity index (χ2v) is 9.57. The fraction of sp³-hybridized carbons (Fsp3) is 0.333. The maximum atomic E-state index is 13.0. The first-order chi connectivity index (χ1) is 16.5. The molecule has 7 heteroatoms. The maximum Gasteiger partial charge on any atom is 0.246 e. The monoisotopic (exact) mass is 476 g/mol. The van der Waals surface area contributed by atoms with E-state index in [0.29, 0.717) is 18.1 Å². The second-order valence-electron chi connectivity index (χ2n) is 9.13. The van der Waals surface area contributed by atoms with Crippen molar-refractivity contribution in [3.63, 3.8) is 0 Å². The average molecular weight is 477 g/mol. The Labute approximate surface area is 204 Å². The zero-order chi connectivity index (χ0) is 23.8.